The largest absolute Gasteiger partial charge is 0.481 e. The molecule has 0 rings (SSSR count). The number of rotatable bonds is 9. The maximum Gasteiger partial charge on any atom is 0.329 e. The normalized spacial score (nSPS) is 12.3. The van der Waals surface area contributed by atoms with Gasteiger partial charge in [-0.3, -0.25) is 19.8 Å². The molecule has 1 atom stereocenters. The molecular weight excluding hydrogens is 352 g/mol. The molecular formula is C11H18N2O8S2. The molecule has 0 bridgehead atoms. The number of carbonyl (C=O) groups excluding carboxylic acids is 2. The molecule has 0 radical (unpaired) electrons. The van der Waals surface area contributed by atoms with E-state index in [-0.39, 0.29) is 18.6 Å². The number of thiol groups is 1. The molecule has 0 spiro atoms. The Kier molecular flexibility index (Phi) is 8.61. The van der Waals surface area contributed by atoms with Gasteiger partial charge in [0.15, 0.2) is 6.04 Å². The van der Waals surface area contributed by atoms with E-state index in [4.69, 9.17) is 10.2 Å². The molecule has 3 N–H and O–H groups in total. The number of carboxylic acids is 2. The lowest BCUT2D eigenvalue weighted by Gasteiger charge is -2.27. The molecule has 12 heteroatoms. The van der Waals surface area contributed by atoms with E-state index in [1.807, 2.05) is 5.43 Å². The number of carbonyl (C=O) groups is 4. The van der Waals surface area contributed by atoms with E-state index in [1.165, 1.54) is 0 Å². The number of carboxylic acid groups (broad SMARTS) is 2. The quantitative estimate of drug-likeness (QED) is 0.283. The minimum absolute atomic E-state index is 0.0236. The zero-order valence-corrected chi connectivity index (χ0v) is 14.0. The summed E-state index contributed by atoms with van der Waals surface area (Å²) in [4.78, 5) is 45.2. The summed E-state index contributed by atoms with van der Waals surface area (Å²) < 4.78 is 21.9. The lowest BCUT2D eigenvalue weighted by atomic mass is 10.2. The van der Waals surface area contributed by atoms with Crippen molar-refractivity contribution >= 4 is 46.2 Å². The van der Waals surface area contributed by atoms with Crippen LogP contribution in [-0.4, -0.2) is 71.2 Å². The molecule has 132 valence electrons. The summed E-state index contributed by atoms with van der Waals surface area (Å²) in [5.41, 5.74) is 2.00. The minimum atomic E-state index is -3.26. The molecule has 0 aromatic rings. The summed E-state index contributed by atoms with van der Waals surface area (Å²) in [6.07, 6.45) is -0.222. The Morgan fingerprint density at radius 2 is 1.78 bits per heavy atom. The van der Waals surface area contributed by atoms with Gasteiger partial charge in [0.1, 0.15) is 9.84 Å². The molecule has 0 aliphatic rings. The van der Waals surface area contributed by atoms with Crippen LogP contribution >= 0.6 is 12.6 Å². The van der Waals surface area contributed by atoms with Crippen molar-refractivity contribution < 1.29 is 37.8 Å². The number of nitrogens with zero attached hydrogens (tertiary/aromatic N) is 1. The fraction of sp³-hybridized carbons (Fsp3) is 0.636. The first-order valence-corrected chi connectivity index (χ1v) is 9.02. The highest BCUT2D eigenvalue weighted by atomic mass is 32.2. The van der Waals surface area contributed by atoms with Crippen molar-refractivity contribution in [1.29, 1.82) is 0 Å². The molecule has 0 aliphatic carbocycles. The van der Waals surface area contributed by atoms with Crippen LogP contribution in [0.5, 0.6) is 0 Å². The molecule has 0 heterocycles. The number of aliphatic carboxylic acids is 2. The first-order chi connectivity index (χ1) is 10.5. The topological polar surface area (TPSA) is 158 Å². The molecule has 2 amide bonds. The molecule has 0 aromatic heterocycles. The van der Waals surface area contributed by atoms with Crippen LogP contribution in [0.3, 0.4) is 0 Å². The Hall–Kier alpha value is -1.82. The summed E-state index contributed by atoms with van der Waals surface area (Å²) in [6, 6.07) is -1.80. The second-order valence-corrected chi connectivity index (χ2v) is 7.22. The van der Waals surface area contributed by atoms with Gasteiger partial charge < -0.3 is 10.2 Å². The number of amides is 2. The second-order valence-electron chi connectivity index (χ2n) is 4.64. The van der Waals surface area contributed by atoms with Crippen LogP contribution in [0, 0.1) is 0 Å². The summed E-state index contributed by atoms with van der Waals surface area (Å²) in [5, 5.41) is 18.1. The van der Waals surface area contributed by atoms with Crippen molar-refractivity contribution in [2.75, 3.05) is 17.8 Å². The Bertz CT molecular complexity index is 575. The first kappa shape index (κ1) is 21.2. The molecule has 10 nitrogen and oxygen atoms in total. The Balaban J connectivity index is 4.96. The van der Waals surface area contributed by atoms with Gasteiger partial charge in [-0.2, -0.15) is 12.6 Å². The average molecular weight is 370 g/mol. The highest BCUT2D eigenvalue weighted by molar-refractivity contribution is 7.90. The molecule has 1 unspecified atom stereocenters. The van der Waals surface area contributed by atoms with E-state index in [0.29, 0.717) is 5.01 Å². The fourth-order valence-corrected chi connectivity index (χ4v) is 2.35. The zero-order chi connectivity index (χ0) is 18.2. The van der Waals surface area contributed by atoms with Crippen molar-refractivity contribution in [3.05, 3.63) is 0 Å². The first-order valence-electron chi connectivity index (χ1n) is 6.32. The predicted molar refractivity (Wildman–Crippen MR) is 81.5 cm³/mol. The number of hydrogen-bond donors (Lipinski definition) is 4. The SMILES string of the molecule is CS(=O)(=O)CCCC(=O)NN(C(=O)CS)C(CC(=O)O)C(=O)O. The van der Waals surface area contributed by atoms with Gasteiger partial charge in [0, 0.05) is 12.7 Å². The van der Waals surface area contributed by atoms with Crippen LogP contribution in [0.15, 0.2) is 0 Å². The Morgan fingerprint density at radius 3 is 2.17 bits per heavy atom. The Morgan fingerprint density at radius 1 is 1.22 bits per heavy atom. The summed E-state index contributed by atoms with van der Waals surface area (Å²) in [7, 11) is -3.26. The predicted octanol–water partition coefficient (Wildman–Crippen LogP) is -1.47. The van der Waals surface area contributed by atoms with E-state index in [9.17, 15) is 27.6 Å². The van der Waals surface area contributed by atoms with Gasteiger partial charge in [0.2, 0.25) is 5.91 Å². The number of hydrogen-bond acceptors (Lipinski definition) is 7. The number of hydrazine groups is 1. The number of nitrogens with one attached hydrogen (secondary N) is 1. The van der Waals surface area contributed by atoms with Crippen LogP contribution in [0.1, 0.15) is 19.3 Å². The minimum Gasteiger partial charge on any atom is -0.481 e. The maximum atomic E-state index is 11.7. The lowest BCUT2D eigenvalue weighted by Crippen LogP contribution is -2.56. The van der Waals surface area contributed by atoms with Crippen molar-refractivity contribution in [3.63, 3.8) is 0 Å². The van der Waals surface area contributed by atoms with Gasteiger partial charge in [0.05, 0.1) is 17.9 Å². The fourth-order valence-electron chi connectivity index (χ4n) is 1.53. The van der Waals surface area contributed by atoms with Gasteiger partial charge in [0.25, 0.3) is 5.91 Å². The third-order valence-corrected chi connectivity index (χ3v) is 3.83. The van der Waals surface area contributed by atoms with Gasteiger partial charge in [-0.25, -0.2) is 18.2 Å². The zero-order valence-electron chi connectivity index (χ0n) is 12.3. The monoisotopic (exact) mass is 370 g/mol. The summed E-state index contributed by atoms with van der Waals surface area (Å²) in [6.45, 7) is 0. The molecule has 0 aliphatic heterocycles. The van der Waals surface area contributed by atoms with E-state index in [2.05, 4.69) is 12.6 Å². The second kappa shape index (κ2) is 9.35. The Labute approximate surface area is 138 Å². The lowest BCUT2D eigenvalue weighted by molar-refractivity contribution is -0.158. The smallest absolute Gasteiger partial charge is 0.329 e. The molecule has 23 heavy (non-hydrogen) atoms. The highest BCUT2D eigenvalue weighted by Gasteiger charge is 2.32. The molecule has 0 saturated heterocycles. The van der Waals surface area contributed by atoms with E-state index in [0.717, 1.165) is 6.26 Å². The van der Waals surface area contributed by atoms with Crippen molar-refractivity contribution in [1.82, 2.24) is 10.4 Å². The summed E-state index contributed by atoms with van der Waals surface area (Å²) in [5.74, 6) is -5.50. The third kappa shape index (κ3) is 9.03. The van der Waals surface area contributed by atoms with Crippen LogP contribution < -0.4 is 5.43 Å². The van der Waals surface area contributed by atoms with Crippen LogP contribution in [0.4, 0.5) is 0 Å². The van der Waals surface area contributed by atoms with Gasteiger partial charge >= 0.3 is 11.9 Å². The van der Waals surface area contributed by atoms with Crippen molar-refractivity contribution in [2.45, 2.75) is 25.3 Å². The van der Waals surface area contributed by atoms with E-state index < -0.39 is 51.8 Å². The van der Waals surface area contributed by atoms with Gasteiger partial charge in [-0.1, -0.05) is 0 Å². The molecule has 0 saturated carbocycles. The van der Waals surface area contributed by atoms with Crippen LogP contribution in [0.2, 0.25) is 0 Å². The maximum absolute atomic E-state index is 11.7. The third-order valence-electron chi connectivity index (χ3n) is 2.53. The number of sulfone groups is 1. The van der Waals surface area contributed by atoms with Crippen molar-refractivity contribution in [3.8, 4) is 0 Å². The van der Waals surface area contributed by atoms with Gasteiger partial charge in [-0.05, 0) is 6.42 Å². The summed E-state index contributed by atoms with van der Waals surface area (Å²) >= 11 is 3.68. The van der Waals surface area contributed by atoms with Crippen molar-refractivity contribution in [2.24, 2.45) is 0 Å². The average Bonchev–Trinajstić information content (AvgIpc) is 2.39. The standard InChI is InChI=1S/C11H18N2O8S2/c1-23(20,21)4-2-3-8(14)12-13(9(15)6-22)7(11(18)19)5-10(16)17/h7,22H,2-6H2,1H3,(H,12,14)(H,16,17)(H,18,19). The van der Waals surface area contributed by atoms with Crippen LogP contribution in [-0.2, 0) is 29.0 Å². The van der Waals surface area contributed by atoms with E-state index >= 15 is 0 Å². The molecule has 0 fully saturated rings. The highest BCUT2D eigenvalue weighted by Crippen LogP contribution is 2.06. The van der Waals surface area contributed by atoms with E-state index in [1.54, 1.807) is 0 Å². The molecule has 0 aromatic carbocycles. The van der Waals surface area contributed by atoms with Gasteiger partial charge in [-0.15, -0.1) is 0 Å². The van der Waals surface area contributed by atoms with Crippen LogP contribution in [0.25, 0.3) is 0 Å².